The molecule has 1 aliphatic heterocycles. The average molecular weight is 280 g/mol. The predicted octanol–water partition coefficient (Wildman–Crippen LogP) is 2.08. The molecule has 5 nitrogen and oxygen atoms in total. The van der Waals surface area contributed by atoms with Crippen molar-refractivity contribution >= 4 is 17.6 Å². The number of nitrogens with zero attached hydrogens (tertiary/aromatic N) is 2. The Morgan fingerprint density at radius 3 is 2.29 bits per heavy atom. The van der Waals surface area contributed by atoms with E-state index in [0.29, 0.717) is 22.4 Å². The van der Waals surface area contributed by atoms with E-state index in [1.54, 1.807) is 36.4 Å². The number of imide groups is 1. The summed E-state index contributed by atoms with van der Waals surface area (Å²) in [5, 5.41) is 0. The second kappa shape index (κ2) is 4.94. The number of ketones is 1. The van der Waals surface area contributed by atoms with Crippen LogP contribution in [0.3, 0.4) is 0 Å². The molecule has 104 valence electrons. The fourth-order valence-electron chi connectivity index (χ4n) is 2.33. The quantitative estimate of drug-likeness (QED) is 0.637. The van der Waals surface area contributed by atoms with Crippen LogP contribution in [-0.2, 0) is 6.54 Å². The molecular weight excluding hydrogens is 268 g/mol. The van der Waals surface area contributed by atoms with Crippen LogP contribution < -0.4 is 0 Å². The van der Waals surface area contributed by atoms with E-state index in [0.717, 1.165) is 4.90 Å². The van der Waals surface area contributed by atoms with Crippen LogP contribution in [0, 0.1) is 0 Å². The van der Waals surface area contributed by atoms with Crippen LogP contribution in [0.25, 0.3) is 0 Å². The van der Waals surface area contributed by atoms with Gasteiger partial charge in [-0.2, -0.15) is 0 Å². The van der Waals surface area contributed by atoms with E-state index in [4.69, 9.17) is 0 Å². The molecule has 0 unspecified atom stereocenters. The first-order valence-corrected chi connectivity index (χ1v) is 6.49. The van der Waals surface area contributed by atoms with Gasteiger partial charge in [-0.15, -0.1) is 0 Å². The van der Waals surface area contributed by atoms with Crippen molar-refractivity contribution in [1.82, 2.24) is 9.88 Å². The molecule has 0 saturated heterocycles. The number of fused-ring (bicyclic) bond motifs is 1. The van der Waals surface area contributed by atoms with Crippen molar-refractivity contribution in [1.29, 1.82) is 0 Å². The number of rotatable bonds is 3. The third-order valence-corrected chi connectivity index (χ3v) is 3.42. The SMILES string of the molecule is CC(=O)c1ccnc(CN2C(=O)c3ccccc3C2=O)c1. The third kappa shape index (κ3) is 2.23. The van der Waals surface area contributed by atoms with Gasteiger partial charge in [0.25, 0.3) is 11.8 Å². The Bertz CT molecular complexity index is 733. The second-order valence-corrected chi connectivity index (χ2v) is 4.83. The van der Waals surface area contributed by atoms with E-state index in [9.17, 15) is 14.4 Å². The first-order valence-electron chi connectivity index (χ1n) is 6.49. The van der Waals surface area contributed by atoms with E-state index in [1.165, 1.54) is 13.1 Å². The Kier molecular flexibility index (Phi) is 3.10. The molecule has 0 N–H and O–H groups in total. The molecule has 0 saturated carbocycles. The van der Waals surface area contributed by atoms with Gasteiger partial charge < -0.3 is 0 Å². The summed E-state index contributed by atoms with van der Waals surface area (Å²) in [6.45, 7) is 1.52. The highest BCUT2D eigenvalue weighted by atomic mass is 16.2. The molecule has 2 amide bonds. The predicted molar refractivity (Wildman–Crippen MR) is 74.9 cm³/mol. The third-order valence-electron chi connectivity index (χ3n) is 3.42. The topological polar surface area (TPSA) is 67.3 Å². The number of amides is 2. The van der Waals surface area contributed by atoms with Crippen LogP contribution >= 0.6 is 0 Å². The van der Waals surface area contributed by atoms with Crippen molar-refractivity contribution in [2.24, 2.45) is 0 Å². The fourth-order valence-corrected chi connectivity index (χ4v) is 2.33. The molecule has 2 heterocycles. The maximum atomic E-state index is 12.2. The van der Waals surface area contributed by atoms with E-state index in [2.05, 4.69) is 4.98 Å². The first kappa shape index (κ1) is 13.2. The van der Waals surface area contributed by atoms with E-state index in [1.807, 2.05) is 0 Å². The summed E-state index contributed by atoms with van der Waals surface area (Å²) in [4.78, 5) is 41.1. The molecule has 5 heteroatoms. The van der Waals surface area contributed by atoms with Gasteiger partial charge in [0.1, 0.15) is 0 Å². The highest BCUT2D eigenvalue weighted by Crippen LogP contribution is 2.23. The van der Waals surface area contributed by atoms with Crippen LogP contribution in [0.5, 0.6) is 0 Å². The Hall–Kier alpha value is -2.82. The molecule has 0 fully saturated rings. The zero-order valence-electron chi connectivity index (χ0n) is 11.4. The number of benzene rings is 1. The molecule has 0 radical (unpaired) electrons. The van der Waals surface area contributed by atoms with Gasteiger partial charge in [0.2, 0.25) is 0 Å². The van der Waals surface area contributed by atoms with Gasteiger partial charge in [0.15, 0.2) is 5.78 Å². The summed E-state index contributed by atoms with van der Waals surface area (Å²) in [6, 6.07) is 9.92. The van der Waals surface area contributed by atoms with Crippen LogP contribution in [0.4, 0.5) is 0 Å². The number of carbonyl (C=O) groups is 3. The number of carbonyl (C=O) groups excluding carboxylic acids is 3. The molecule has 21 heavy (non-hydrogen) atoms. The summed E-state index contributed by atoms with van der Waals surface area (Å²) in [5.74, 6) is -0.739. The van der Waals surface area contributed by atoms with Crippen LogP contribution in [0.1, 0.15) is 43.7 Å². The molecular formula is C16H12N2O3. The number of hydrogen-bond donors (Lipinski definition) is 0. The lowest BCUT2D eigenvalue weighted by molar-refractivity contribution is 0.0640. The van der Waals surface area contributed by atoms with Gasteiger partial charge in [0.05, 0.1) is 23.4 Å². The highest BCUT2D eigenvalue weighted by molar-refractivity contribution is 6.21. The minimum Gasteiger partial charge on any atom is -0.295 e. The number of aromatic nitrogens is 1. The van der Waals surface area contributed by atoms with Crippen molar-refractivity contribution in [3.05, 3.63) is 65.0 Å². The van der Waals surface area contributed by atoms with Gasteiger partial charge in [-0.1, -0.05) is 12.1 Å². The summed E-state index contributed by atoms with van der Waals surface area (Å²) in [6.07, 6.45) is 1.50. The molecule has 1 aromatic carbocycles. The van der Waals surface area contributed by atoms with Gasteiger partial charge in [-0.3, -0.25) is 24.3 Å². The van der Waals surface area contributed by atoms with Crippen molar-refractivity contribution in [2.45, 2.75) is 13.5 Å². The molecule has 0 bridgehead atoms. The van der Waals surface area contributed by atoms with E-state index in [-0.39, 0.29) is 24.1 Å². The fraction of sp³-hybridized carbons (Fsp3) is 0.125. The minimum atomic E-state index is -0.328. The zero-order chi connectivity index (χ0) is 15.0. The number of Topliss-reactive ketones (excluding diaryl/α,β-unsaturated/α-hetero) is 1. The van der Waals surface area contributed by atoms with Gasteiger partial charge in [-0.05, 0) is 31.2 Å². The lowest BCUT2D eigenvalue weighted by Crippen LogP contribution is -2.29. The first-order chi connectivity index (χ1) is 10.1. The average Bonchev–Trinajstić information content (AvgIpc) is 2.73. The Morgan fingerprint density at radius 1 is 1.10 bits per heavy atom. The molecule has 0 atom stereocenters. The molecule has 0 spiro atoms. The standard InChI is InChI=1S/C16H12N2O3/c1-10(19)11-6-7-17-12(8-11)9-18-15(20)13-4-2-3-5-14(13)16(18)21/h2-8H,9H2,1H3. The Morgan fingerprint density at radius 2 is 1.71 bits per heavy atom. The van der Waals surface area contributed by atoms with Crippen LogP contribution in [0.15, 0.2) is 42.6 Å². The Balaban J connectivity index is 1.90. The van der Waals surface area contributed by atoms with Crippen molar-refractivity contribution < 1.29 is 14.4 Å². The lowest BCUT2D eigenvalue weighted by Gasteiger charge is -2.13. The lowest BCUT2D eigenvalue weighted by atomic mass is 10.1. The van der Waals surface area contributed by atoms with Crippen molar-refractivity contribution in [3.8, 4) is 0 Å². The number of pyridine rings is 1. The zero-order valence-corrected chi connectivity index (χ0v) is 11.4. The summed E-state index contributed by atoms with van der Waals surface area (Å²) in [7, 11) is 0. The molecule has 2 aromatic rings. The Labute approximate surface area is 121 Å². The van der Waals surface area contributed by atoms with Gasteiger partial charge in [0, 0.05) is 11.8 Å². The molecule has 0 aliphatic carbocycles. The van der Waals surface area contributed by atoms with Crippen molar-refractivity contribution in [3.63, 3.8) is 0 Å². The summed E-state index contributed by atoms with van der Waals surface area (Å²) >= 11 is 0. The second-order valence-electron chi connectivity index (χ2n) is 4.83. The van der Waals surface area contributed by atoms with Crippen LogP contribution in [-0.4, -0.2) is 27.5 Å². The summed E-state index contributed by atoms with van der Waals surface area (Å²) < 4.78 is 0. The molecule has 1 aromatic heterocycles. The van der Waals surface area contributed by atoms with Gasteiger partial charge in [-0.25, -0.2) is 0 Å². The van der Waals surface area contributed by atoms with E-state index >= 15 is 0 Å². The maximum Gasteiger partial charge on any atom is 0.261 e. The monoisotopic (exact) mass is 280 g/mol. The summed E-state index contributed by atoms with van der Waals surface area (Å²) in [5.41, 5.74) is 1.84. The van der Waals surface area contributed by atoms with Crippen LogP contribution in [0.2, 0.25) is 0 Å². The molecule has 1 aliphatic rings. The largest absolute Gasteiger partial charge is 0.295 e. The van der Waals surface area contributed by atoms with Gasteiger partial charge >= 0.3 is 0 Å². The maximum absolute atomic E-state index is 12.2. The minimum absolute atomic E-state index is 0.0630. The smallest absolute Gasteiger partial charge is 0.261 e. The highest BCUT2D eigenvalue weighted by Gasteiger charge is 2.35. The molecule has 3 rings (SSSR count). The number of hydrogen-bond acceptors (Lipinski definition) is 4. The van der Waals surface area contributed by atoms with Crippen molar-refractivity contribution in [2.75, 3.05) is 0 Å². The normalized spacial score (nSPS) is 13.5. The van der Waals surface area contributed by atoms with E-state index < -0.39 is 0 Å².